The van der Waals surface area contributed by atoms with Crippen LogP contribution in [-0.2, 0) is 0 Å². The third-order valence-electron chi connectivity index (χ3n) is 2.38. The Morgan fingerprint density at radius 3 is 2.46 bits per heavy atom. The summed E-state index contributed by atoms with van der Waals surface area (Å²) >= 11 is 0. The van der Waals surface area contributed by atoms with Gasteiger partial charge in [0.05, 0.1) is 0 Å². The normalized spacial score (nSPS) is 15.4. The Balaban J connectivity index is 2.97. The highest BCUT2D eigenvalue weighted by Gasteiger charge is 2.16. The average molecular weight is 181 g/mol. The standard InChI is InChI=1S/C11H16FN/c1-3-9(8(2)13)10-6-4-5-7-11(10)12/h4-9H,3,13H2,1-2H3. The monoisotopic (exact) mass is 181 g/mol. The first kappa shape index (κ1) is 10.2. The van der Waals surface area contributed by atoms with Crippen molar-refractivity contribution >= 4 is 0 Å². The van der Waals surface area contributed by atoms with Crippen molar-refractivity contribution in [2.45, 2.75) is 32.2 Å². The molecule has 0 radical (unpaired) electrons. The zero-order valence-corrected chi connectivity index (χ0v) is 8.13. The Morgan fingerprint density at radius 2 is 2.00 bits per heavy atom. The summed E-state index contributed by atoms with van der Waals surface area (Å²) in [5, 5.41) is 0. The van der Waals surface area contributed by atoms with Crippen molar-refractivity contribution in [3.63, 3.8) is 0 Å². The van der Waals surface area contributed by atoms with Crippen LogP contribution in [0.15, 0.2) is 24.3 Å². The molecule has 0 bridgehead atoms. The second-order valence-corrected chi connectivity index (χ2v) is 3.40. The van der Waals surface area contributed by atoms with E-state index in [4.69, 9.17) is 5.73 Å². The smallest absolute Gasteiger partial charge is 0.126 e. The van der Waals surface area contributed by atoms with Gasteiger partial charge in [0.1, 0.15) is 5.82 Å². The van der Waals surface area contributed by atoms with Crippen LogP contribution < -0.4 is 5.73 Å². The van der Waals surface area contributed by atoms with Crippen LogP contribution in [0, 0.1) is 5.82 Å². The minimum atomic E-state index is -0.147. The topological polar surface area (TPSA) is 26.0 Å². The van der Waals surface area contributed by atoms with E-state index in [0.717, 1.165) is 12.0 Å². The van der Waals surface area contributed by atoms with Gasteiger partial charge in [0.2, 0.25) is 0 Å². The van der Waals surface area contributed by atoms with Crippen molar-refractivity contribution < 1.29 is 4.39 Å². The summed E-state index contributed by atoms with van der Waals surface area (Å²) in [7, 11) is 0. The number of benzene rings is 1. The first-order valence-corrected chi connectivity index (χ1v) is 4.66. The predicted molar refractivity (Wildman–Crippen MR) is 53.1 cm³/mol. The third kappa shape index (κ3) is 2.28. The van der Waals surface area contributed by atoms with Crippen molar-refractivity contribution in [2.24, 2.45) is 5.73 Å². The number of nitrogens with two attached hydrogens (primary N) is 1. The molecule has 0 aliphatic carbocycles. The molecule has 0 spiro atoms. The molecule has 1 aromatic carbocycles. The lowest BCUT2D eigenvalue weighted by Gasteiger charge is -2.19. The molecule has 13 heavy (non-hydrogen) atoms. The summed E-state index contributed by atoms with van der Waals surface area (Å²) in [5.74, 6) is -0.0205. The van der Waals surface area contributed by atoms with Crippen LogP contribution in [0.25, 0.3) is 0 Å². The van der Waals surface area contributed by atoms with Gasteiger partial charge in [-0.3, -0.25) is 0 Å². The summed E-state index contributed by atoms with van der Waals surface area (Å²) in [6, 6.07) is 6.85. The maximum absolute atomic E-state index is 13.3. The Bertz CT molecular complexity index is 271. The van der Waals surface area contributed by atoms with Gasteiger partial charge in [-0.25, -0.2) is 4.39 Å². The first-order valence-electron chi connectivity index (χ1n) is 4.66. The Kier molecular flexibility index (Phi) is 3.43. The Hall–Kier alpha value is -0.890. The highest BCUT2D eigenvalue weighted by molar-refractivity contribution is 5.22. The highest BCUT2D eigenvalue weighted by atomic mass is 19.1. The molecule has 2 atom stereocenters. The van der Waals surface area contributed by atoms with Crippen LogP contribution in [0.4, 0.5) is 4.39 Å². The minimum absolute atomic E-state index is 0.00176. The van der Waals surface area contributed by atoms with Crippen molar-refractivity contribution in [2.75, 3.05) is 0 Å². The molecule has 0 amide bonds. The van der Waals surface area contributed by atoms with E-state index in [2.05, 4.69) is 0 Å². The van der Waals surface area contributed by atoms with Crippen LogP contribution in [0.3, 0.4) is 0 Å². The van der Waals surface area contributed by atoms with Crippen molar-refractivity contribution in [3.05, 3.63) is 35.6 Å². The first-order chi connectivity index (χ1) is 6.16. The zero-order valence-electron chi connectivity index (χ0n) is 8.13. The predicted octanol–water partition coefficient (Wildman–Crippen LogP) is 2.67. The molecule has 1 aromatic rings. The van der Waals surface area contributed by atoms with E-state index in [0.29, 0.717) is 0 Å². The summed E-state index contributed by atoms with van der Waals surface area (Å²) in [5.41, 5.74) is 6.52. The molecule has 0 saturated heterocycles. The summed E-state index contributed by atoms with van der Waals surface area (Å²) in [6.07, 6.45) is 0.874. The molecule has 0 saturated carbocycles. The van der Waals surface area contributed by atoms with Gasteiger partial charge in [0, 0.05) is 12.0 Å². The molecule has 0 aliphatic rings. The molecule has 1 rings (SSSR count). The average Bonchev–Trinajstić information content (AvgIpc) is 2.09. The summed E-state index contributed by atoms with van der Waals surface area (Å²) in [4.78, 5) is 0. The fourth-order valence-corrected chi connectivity index (χ4v) is 1.65. The maximum Gasteiger partial charge on any atom is 0.126 e. The lowest BCUT2D eigenvalue weighted by Crippen LogP contribution is -2.24. The molecule has 2 N–H and O–H groups in total. The van der Waals surface area contributed by atoms with E-state index < -0.39 is 0 Å². The Morgan fingerprint density at radius 1 is 1.38 bits per heavy atom. The Labute approximate surface area is 78.8 Å². The van der Waals surface area contributed by atoms with Crippen LogP contribution in [0.1, 0.15) is 31.7 Å². The maximum atomic E-state index is 13.3. The number of hydrogen-bond donors (Lipinski definition) is 1. The van der Waals surface area contributed by atoms with Crippen molar-refractivity contribution in [1.82, 2.24) is 0 Å². The SMILES string of the molecule is CCC(c1ccccc1F)C(C)N. The highest BCUT2D eigenvalue weighted by Crippen LogP contribution is 2.24. The van der Waals surface area contributed by atoms with Crippen molar-refractivity contribution in [3.8, 4) is 0 Å². The van der Waals surface area contributed by atoms with Crippen LogP contribution in [-0.4, -0.2) is 6.04 Å². The van der Waals surface area contributed by atoms with E-state index in [1.54, 1.807) is 6.07 Å². The van der Waals surface area contributed by atoms with E-state index >= 15 is 0 Å². The van der Waals surface area contributed by atoms with E-state index in [-0.39, 0.29) is 17.8 Å². The fourth-order valence-electron chi connectivity index (χ4n) is 1.65. The zero-order chi connectivity index (χ0) is 9.84. The molecular weight excluding hydrogens is 165 g/mol. The summed E-state index contributed by atoms with van der Waals surface area (Å²) in [6.45, 7) is 3.95. The number of hydrogen-bond acceptors (Lipinski definition) is 1. The van der Waals surface area contributed by atoms with E-state index in [1.165, 1.54) is 6.07 Å². The number of rotatable bonds is 3. The van der Waals surface area contributed by atoms with Gasteiger partial charge in [-0.15, -0.1) is 0 Å². The van der Waals surface area contributed by atoms with Gasteiger partial charge < -0.3 is 5.73 Å². The molecular formula is C11H16FN. The minimum Gasteiger partial charge on any atom is -0.327 e. The lowest BCUT2D eigenvalue weighted by molar-refractivity contribution is 0.513. The quantitative estimate of drug-likeness (QED) is 0.762. The number of halogens is 1. The largest absolute Gasteiger partial charge is 0.327 e. The van der Waals surface area contributed by atoms with Gasteiger partial charge in [-0.05, 0) is 25.0 Å². The lowest BCUT2D eigenvalue weighted by atomic mass is 9.90. The molecule has 72 valence electrons. The van der Waals surface area contributed by atoms with Crippen LogP contribution in [0.5, 0.6) is 0 Å². The van der Waals surface area contributed by atoms with Crippen molar-refractivity contribution in [1.29, 1.82) is 0 Å². The van der Waals surface area contributed by atoms with Gasteiger partial charge in [0.25, 0.3) is 0 Å². The second kappa shape index (κ2) is 4.38. The molecule has 0 heterocycles. The van der Waals surface area contributed by atoms with E-state index in [9.17, 15) is 4.39 Å². The third-order valence-corrected chi connectivity index (χ3v) is 2.38. The fraction of sp³-hybridized carbons (Fsp3) is 0.455. The van der Waals surface area contributed by atoms with E-state index in [1.807, 2.05) is 26.0 Å². The van der Waals surface area contributed by atoms with Crippen LogP contribution >= 0.6 is 0 Å². The second-order valence-electron chi connectivity index (χ2n) is 3.40. The van der Waals surface area contributed by atoms with Crippen LogP contribution in [0.2, 0.25) is 0 Å². The molecule has 1 nitrogen and oxygen atoms in total. The molecule has 0 aromatic heterocycles. The molecule has 2 unspecified atom stereocenters. The van der Waals surface area contributed by atoms with Gasteiger partial charge in [-0.1, -0.05) is 25.1 Å². The van der Waals surface area contributed by atoms with Gasteiger partial charge >= 0.3 is 0 Å². The molecule has 2 heteroatoms. The molecule has 0 aliphatic heterocycles. The van der Waals surface area contributed by atoms with Gasteiger partial charge in [0.15, 0.2) is 0 Å². The molecule has 0 fully saturated rings. The summed E-state index contributed by atoms with van der Waals surface area (Å²) < 4.78 is 13.3. The van der Waals surface area contributed by atoms with Gasteiger partial charge in [-0.2, -0.15) is 0 Å².